The Morgan fingerprint density at radius 3 is 2.48 bits per heavy atom. The summed E-state index contributed by atoms with van der Waals surface area (Å²) < 4.78 is 30.7. The van der Waals surface area contributed by atoms with Gasteiger partial charge in [-0.25, -0.2) is 17.5 Å². The molecule has 0 saturated carbocycles. The average molecular weight is 349 g/mol. The lowest BCUT2D eigenvalue weighted by atomic mass is 10.2. The number of ether oxygens (including phenoxy) is 1. The van der Waals surface area contributed by atoms with Gasteiger partial charge in [0.25, 0.3) is 0 Å². The molecular formula is C15H31N3O4S. The number of nitrogens with one attached hydrogen (secondary N) is 1. The van der Waals surface area contributed by atoms with Crippen LogP contribution in [0, 0.1) is 5.92 Å². The molecule has 0 spiro atoms. The fourth-order valence-electron chi connectivity index (χ4n) is 2.44. The number of carbonyl (C=O) groups excluding carboxylic acids is 1. The fourth-order valence-corrected chi connectivity index (χ4v) is 3.46. The zero-order chi connectivity index (χ0) is 17.8. The van der Waals surface area contributed by atoms with Crippen molar-refractivity contribution in [1.29, 1.82) is 0 Å². The van der Waals surface area contributed by atoms with Crippen LogP contribution in [0.1, 0.15) is 34.6 Å². The van der Waals surface area contributed by atoms with Crippen LogP contribution in [0.3, 0.4) is 0 Å². The second-order valence-electron chi connectivity index (χ2n) is 7.55. The first-order valence-corrected chi connectivity index (χ1v) is 9.90. The van der Waals surface area contributed by atoms with Crippen LogP contribution >= 0.6 is 0 Å². The highest BCUT2D eigenvalue weighted by molar-refractivity contribution is 7.88. The van der Waals surface area contributed by atoms with E-state index in [-0.39, 0.29) is 18.1 Å². The van der Waals surface area contributed by atoms with E-state index < -0.39 is 15.6 Å². The first kappa shape index (κ1) is 20.2. The molecule has 0 bridgehead atoms. The highest BCUT2D eigenvalue weighted by Crippen LogP contribution is 2.13. The number of nitrogens with zero attached hydrogens (tertiary/aromatic N) is 2. The van der Waals surface area contributed by atoms with Crippen LogP contribution in [0.2, 0.25) is 0 Å². The molecule has 1 aliphatic rings. The first-order chi connectivity index (χ1) is 10.4. The van der Waals surface area contributed by atoms with E-state index in [4.69, 9.17) is 4.74 Å². The maximum absolute atomic E-state index is 12.2. The van der Waals surface area contributed by atoms with E-state index in [0.717, 1.165) is 0 Å². The summed E-state index contributed by atoms with van der Waals surface area (Å²) >= 11 is 0. The zero-order valence-electron chi connectivity index (χ0n) is 15.1. The smallest absolute Gasteiger partial charge is 0.410 e. The molecule has 1 rings (SSSR count). The van der Waals surface area contributed by atoms with Crippen molar-refractivity contribution in [1.82, 2.24) is 14.5 Å². The molecule has 136 valence electrons. The Hall–Kier alpha value is -0.860. The molecule has 7 nitrogen and oxygen atoms in total. The summed E-state index contributed by atoms with van der Waals surface area (Å²) in [5, 5.41) is 3.29. The van der Waals surface area contributed by atoms with Crippen LogP contribution < -0.4 is 5.32 Å². The summed E-state index contributed by atoms with van der Waals surface area (Å²) in [6.07, 6.45) is 0.878. The highest BCUT2D eigenvalue weighted by atomic mass is 32.2. The van der Waals surface area contributed by atoms with Crippen LogP contribution in [0.5, 0.6) is 0 Å². The third-order valence-electron chi connectivity index (χ3n) is 3.37. The molecular weight excluding hydrogens is 318 g/mol. The van der Waals surface area contributed by atoms with Gasteiger partial charge in [-0.05, 0) is 26.7 Å². The number of hydrogen-bond acceptors (Lipinski definition) is 5. The molecule has 0 radical (unpaired) electrons. The Kier molecular flexibility index (Phi) is 6.85. The molecule has 1 atom stereocenters. The van der Waals surface area contributed by atoms with E-state index in [9.17, 15) is 13.2 Å². The normalized spacial score (nSPS) is 20.2. The van der Waals surface area contributed by atoms with Gasteiger partial charge in [0.05, 0.1) is 6.26 Å². The molecule has 1 fully saturated rings. The van der Waals surface area contributed by atoms with Gasteiger partial charge in [-0.2, -0.15) is 0 Å². The lowest BCUT2D eigenvalue weighted by Crippen LogP contribution is -2.57. The number of carbonyl (C=O) groups is 1. The number of rotatable bonds is 5. The van der Waals surface area contributed by atoms with Crippen molar-refractivity contribution < 1.29 is 17.9 Å². The molecule has 1 amide bonds. The summed E-state index contributed by atoms with van der Waals surface area (Å²) in [7, 11) is -3.27. The molecule has 23 heavy (non-hydrogen) atoms. The van der Waals surface area contributed by atoms with Crippen molar-refractivity contribution in [3.05, 3.63) is 0 Å². The molecule has 0 aliphatic carbocycles. The van der Waals surface area contributed by atoms with Gasteiger partial charge in [-0.15, -0.1) is 0 Å². The molecule has 0 aromatic carbocycles. The van der Waals surface area contributed by atoms with Gasteiger partial charge in [0.2, 0.25) is 10.0 Å². The molecule has 1 saturated heterocycles. The van der Waals surface area contributed by atoms with E-state index in [1.165, 1.54) is 10.6 Å². The van der Waals surface area contributed by atoms with Crippen molar-refractivity contribution in [3.63, 3.8) is 0 Å². The Morgan fingerprint density at radius 1 is 1.39 bits per heavy atom. The van der Waals surface area contributed by atoms with Crippen molar-refractivity contribution >= 4 is 16.1 Å². The fraction of sp³-hybridized carbons (Fsp3) is 0.933. The Labute approximate surface area is 140 Å². The minimum absolute atomic E-state index is 0.0928. The Morgan fingerprint density at radius 2 is 2.00 bits per heavy atom. The lowest BCUT2D eigenvalue weighted by molar-refractivity contribution is 0.0189. The molecule has 1 N–H and O–H groups in total. The van der Waals surface area contributed by atoms with Crippen LogP contribution in [0.4, 0.5) is 4.79 Å². The molecule has 8 heteroatoms. The summed E-state index contributed by atoms with van der Waals surface area (Å²) in [5.74, 6) is 0.246. The van der Waals surface area contributed by atoms with Gasteiger partial charge < -0.3 is 15.0 Å². The maximum atomic E-state index is 12.2. The number of hydrogen-bond donors (Lipinski definition) is 1. The van der Waals surface area contributed by atoms with Crippen molar-refractivity contribution in [2.75, 3.05) is 39.0 Å². The van der Waals surface area contributed by atoms with Crippen molar-refractivity contribution in [3.8, 4) is 0 Å². The van der Waals surface area contributed by atoms with Gasteiger partial charge in [0.15, 0.2) is 0 Å². The topological polar surface area (TPSA) is 79.0 Å². The SMILES string of the molecule is CC(C)CN(C[C@H]1CN(C(=O)OC(C)(C)C)CCN1)S(C)(=O)=O. The lowest BCUT2D eigenvalue weighted by Gasteiger charge is -2.36. The third kappa shape index (κ3) is 7.50. The number of piperazine rings is 1. The van der Waals surface area contributed by atoms with E-state index in [0.29, 0.717) is 32.7 Å². The largest absolute Gasteiger partial charge is 0.444 e. The standard InChI is InChI=1S/C15H31N3O4S/c1-12(2)9-18(23(6,20)21)11-13-10-17(8-7-16-13)14(19)22-15(3,4)5/h12-13,16H,7-11H2,1-6H3/t13-/m1/s1. The number of sulfonamides is 1. The van der Waals surface area contributed by atoms with Gasteiger partial charge in [-0.1, -0.05) is 13.8 Å². The van der Waals surface area contributed by atoms with Crippen molar-refractivity contribution in [2.24, 2.45) is 5.92 Å². The minimum Gasteiger partial charge on any atom is -0.444 e. The third-order valence-corrected chi connectivity index (χ3v) is 4.61. The predicted octanol–water partition coefficient (Wildman–Crippen LogP) is 1.11. The van der Waals surface area contributed by atoms with Crippen LogP contribution in [0.25, 0.3) is 0 Å². The van der Waals surface area contributed by atoms with E-state index in [1.54, 1.807) is 4.90 Å². The van der Waals surface area contributed by atoms with E-state index in [2.05, 4.69) is 5.32 Å². The van der Waals surface area contributed by atoms with Crippen molar-refractivity contribution in [2.45, 2.75) is 46.3 Å². The maximum Gasteiger partial charge on any atom is 0.410 e. The highest BCUT2D eigenvalue weighted by Gasteiger charge is 2.30. The second kappa shape index (κ2) is 7.81. The van der Waals surface area contributed by atoms with Gasteiger partial charge in [0.1, 0.15) is 5.60 Å². The zero-order valence-corrected chi connectivity index (χ0v) is 15.9. The quantitative estimate of drug-likeness (QED) is 0.804. The Balaban J connectivity index is 2.68. The number of amides is 1. The van der Waals surface area contributed by atoms with Gasteiger partial charge in [-0.3, -0.25) is 0 Å². The van der Waals surface area contributed by atoms with Gasteiger partial charge >= 0.3 is 6.09 Å². The summed E-state index contributed by atoms with van der Waals surface area (Å²) in [4.78, 5) is 13.8. The summed E-state index contributed by atoms with van der Waals surface area (Å²) in [6, 6.07) is -0.0928. The predicted molar refractivity (Wildman–Crippen MR) is 90.9 cm³/mol. The molecule has 0 aromatic heterocycles. The first-order valence-electron chi connectivity index (χ1n) is 8.05. The summed E-state index contributed by atoms with van der Waals surface area (Å²) in [6.45, 7) is 11.9. The van der Waals surface area contributed by atoms with Crippen LogP contribution in [-0.2, 0) is 14.8 Å². The monoisotopic (exact) mass is 349 g/mol. The van der Waals surface area contributed by atoms with Crippen LogP contribution in [-0.4, -0.2) is 74.3 Å². The molecule has 1 aliphatic heterocycles. The molecule has 0 unspecified atom stereocenters. The van der Waals surface area contributed by atoms with E-state index >= 15 is 0 Å². The van der Waals surface area contributed by atoms with Crippen LogP contribution in [0.15, 0.2) is 0 Å². The Bertz CT molecular complexity index is 499. The molecule has 0 aromatic rings. The minimum atomic E-state index is -3.27. The van der Waals surface area contributed by atoms with Gasteiger partial charge in [0, 0.05) is 38.8 Å². The van der Waals surface area contributed by atoms with E-state index in [1.807, 2.05) is 34.6 Å². The summed E-state index contributed by atoms with van der Waals surface area (Å²) in [5.41, 5.74) is -0.534. The second-order valence-corrected chi connectivity index (χ2v) is 9.53. The average Bonchev–Trinajstić information content (AvgIpc) is 2.34. The molecule has 1 heterocycles.